The predicted molar refractivity (Wildman–Crippen MR) is 81.6 cm³/mol. The second kappa shape index (κ2) is 5.41. The minimum Gasteiger partial charge on any atom is -0.258 e. The quantitative estimate of drug-likeness (QED) is 0.528. The van der Waals surface area contributed by atoms with Gasteiger partial charge in [0.2, 0.25) is 0 Å². The molecule has 0 atom stereocenters. The molecule has 1 aromatic heterocycles. The fourth-order valence-corrected chi connectivity index (χ4v) is 2.80. The highest BCUT2D eigenvalue weighted by Gasteiger charge is 2.09. The van der Waals surface area contributed by atoms with E-state index in [1.54, 1.807) is 30.4 Å². The van der Waals surface area contributed by atoms with Crippen LogP contribution in [0.3, 0.4) is 0 Å². The van der Waals surface area contributed by atoms with Crippen molar-refractivity contribution in [3.05, 3.63) is 69.0 Å². The largest absolute Gasteiger partial charge is 0.270 e. The molecule has 2 aromatic carbocycles. The molecular weight excluding hydrogens is 291 g/mol. The number of rotatable bonds is 3. The van der Waals surface area contributed by atoms with Crippen molar-refractivity contribution in [2.75, 3.05) is 0 Å². The zero-order chi connectivity index (χ0) is 14.8. The van der Waals surface area contributed by atoms with Crippen LogP contribution in [0.5, 0.6) is 0 Å². The fraction of sp³-hybridized carbons (Fsp3) is 0. The minimum absolute atomic E-state index is 0.0480. The summed E-state index contributed by atoms with van der Waals surface area (Å²) < 4.78 is 13.8. The molecule has 0 saturated carbocycles. The Bertz CT molecular complexity index is 858. The second-order valence-corrected chi connectivity index (χ2v) is 5.41. The Hall–Kier alpha value is -2.60. The molecule has 0 amide bonds. The molecule has 0 aliphatic carbocycles. The van der Waals surface area contributed by atoms with Crippen LogP contribution in [-0.2, 0) is 0 Å². The zero-order valence-corrected chi connectivity index (χ0v) is 11.5. The van der Waals surface area contributed by atoms with Crippen LogP contribution in [0.4, 0.5) is 10.1 Å². The first-order valence-electron chi connectivity index (χ1n) is 6.10. The van der Waals surface area contributed by atoms with E-state index in [0.29, 0.717) is 5.52 Å². The number of halogens is 1. The zero-order valence-electron chi connectivity index (χ0n) is 10.7. The van der Waals surface area contributed by atoms with Crippen molar-refractivity contribution >= 4 is 39.4 Å². The molecule has 3 rings (SSSR count). The Morgan fingerprint density at radius 2 is 2.05 bits per heavy atom. The number of nitro groups is 1. The molecule has 0 aliphatic rings. The van der Waals surface area contributed by atoms with E-state index in [2.05, 4.69) is 4.98 Å². The van der Waals surface area contributed by atoms with Gasteiger partial charge in [0.25, 0.3) is 5.69 Å². The summed E-state index contributed by atoms with van der Waals surface area (Å²) in [5, 5.41) is 11.5. The Kier molecular flexibility index (Phi) is 3.45. The van der Waals surface area contributed by atoms with Crippen LogP contribution in [0.2, 0.25) is 0 Å². The SMILES string of the molecule is O=[N+]([O-])c1ccc2nc(C=Cc3cccc(F)c3)sc2c1. The van der Waals surface area contributed by atoms with Crippen LogP contribution >= 0.6 is 11.3 Å². The van der Waals surface area contributed by atoms with Gasteiger partial charge in [0.15, 0.2) is 0 Å². The molecule has 0 unspecified atom stereocenters. The molecule has 0 saturated heterocycles. The van der Waals surface area contributed by atoms with Crippen LogP contribution in [0.1, 0.15) is 10.6 Å². The smallest absolute Gasteiger partial charge is 0.258 e. The maximum atomic E-state index is 13.1. The third-order valence-electron chi connectivity index (χ3n) is 2.87. The molecule has 0 bridgehead atoms. The first-order valence-corrected chi connectivity index (χ1v) is 6.92. The summed E-state index contributed by atoms with van der Waals surface area (Å²) in [4.78, 5) is 14.7. The number of aromatic nitrogens is 1. The summed E-state index contributed by atoms with van der Waals surface area (Å²) in [5.74, 6) is -0.294. The predicted octanol–water partition coefficient (Wildman–Crippen LogP) is 4.51. The first kappa shape index (κ1) is 13.4. The normalized spacial score (nSPS) is 11.3. The lowest BCUT2D eigenvalue weighted by molar-refractivity contribution is -0.384. The molecule has 4 nitrogen and oxygen atoms in total. The second-order valence-electron chi connectivity index (χ2n) is 4.35. The summed E-state index contributed by atoms with van der Waals surface area (Å²) >= 11 is 1.36. The van der Waals surface area contributed by atoms with Crippen LogP contribution in [-0.4, -0.2) is 9.91 Å². The van der Waals surface area contributed by atoms with Gasteiger partial charge in [-0.3, -0.25) is 10.1 Å². The Morgan fingerprint density at radius 3 is 2.81 bits per heavy atom. The minimum atomic E-state index is -0.429. The van der Waals surface area contributed by atoms with Gasteiger partial charge >= 0.3 is 0 Å². The summed E-state index contributed by atoms with van der Waals surface area (Å²) in [6, 6.07) is 10.8. The number of hydrogen-bond donors (Lipinski definition) is 0. The highest BCUT2D eigenvalue weighted by molar-refractivity contribution is 7.19. The van der Waals surface area contributed by atoms with Crippen molar-refractivity contribution in [3.8, 4) is 0 Å². The van der Waals surface area contributed by atoms with Crippen molar-refractivity contribution < 1.29 is 9.31 Å². The lowest BCUT2D eigenvalue weighted by Gasteiger charge is -1.91. The van der Waals surface area contributed by atoms with Crippen molar-refractivity contribution in [2.24, 2.45) is 0 Å². The van der Waals surface area contributed by atoms with Crippen molar-refractivity contribution in [3.63, 3.8) is 0 Å². The molecule has 0 N–H and O–H groups in total. The average molecular weight is 300 g/mol. The molecule has 0 spiro atoms. The van der Waals surface area contributed by atoms with Gasteiger partial charge in [0.1, 0.15) is 10.8 Å². The van der Waals surface area contributed by atoms with Crippen molar-refractivity contribution in [1.82, 2.24) is 4.98 Å². The van der Waals surface area contributed by atoms with Gasteiger partial charge in [-0.15, -0.1) is 11.3 Å². The highest BCUT2D eigenvalue weighted by Crippen LogP contribution is 2.27. The van der Waals surface area contributed by atoms with Gasteiger partial charge < -0.3 is 0 Å². The Morgan fingerprint density at radius 1 is 1.19 bits per heavy atom. The Labute approximate surface area is 123 Å². The monoisotopic (exact) mass is 300 g/mol. The van der Waals surface area contributed by atoms with Gasteiger partial charge in [0.05, 0.1) is 15.1 Å². The topological polar surface area (TPSA) is 56.0 Å². The molecule has 0 aliphatic heterocycles. The van der Waals surface area contributed by atoms with E-state index in [-0.39, 0.29) is 11.5 Å². The van der Waals surface area contributed by atoms with Gasteiger partial charge in [-0.05, 0) is 29.8 Å². The first-order chi connectivity index (χ1) is 10.1. The summed E-state index contributed by atoms with van der Waals surface area (Å²) in [6.07, 6.45) is 3.53. The number of fused-ring (bicyclic) bond motifs is 1. The van der Waals surface area contributed by atoms with E-state index in [4.69, 9.17) is 0 Å². The van der Waals surface area contributed by atoms with Gasteiger partial charge in [-0.1, -0.05) is 18.2 Å². The number of nitrogens with zero attached hydrogens (tertiary/aromatic N) is 2. The van der Waals surface area contributed by atoms with Crippen LogP contribution in [0.15, 0.2) is 42.5 Å². The number of hydrogen-bond acceptors (Lipinski definition) is 4. The fourth-order valence-electron chi connectivity index (χ4n) is 1.89. The van der Waals surface area contributed by atoms with Crippen molar-refractivity contribution in [1.29, 1.82) is 0 Å². The number of thiazole rings is 1. The molecule has 21 heavy (non-hydrogen) atoms. The van der Waals surface area contributed by atoms with E-state index in [1.165, 1.54) is 35.6 Å². The van der Waals surface area contributed by atoms with E-state index in [9.17, 15) is 14.5 Å². The van der Waals surface area contributed by atoms with Gasteiger partial charge in [-0.25, -0.2) is 9.37 Å². The van der Waals surface area contributed by atoms with E-state index >= 15 is 0 Å². The van der Waals surface area contributed by atoms with Crippen LogP contribution < -0.4 is 0 Å². The molecule has 3 aromatic rings. The summed E-state index contributed by atoms with van der Waals surface area (Å²) in [7, 11) is 0. The third kappa shape index (κ3) is 2.95. The standard InChI is InChI=1S/C15H9FN2O2S/c16-11-3-1-2-10(8-11)4-7-15-17-13-6-5-12(18(19)20)9-14(13)21-15/h1-9H. The Balaban J connectivity index is 1.92. The third-order valence-corrected chi connectivity index (χ3v) is 3.85. The van der Waals surface area contributed by atoms with Gasteiger partial charge in [-0.2, -0.15) is 0 Å². The summed E-state index contributed by atoms with van der Waals surface area (Å²) in [6.45, 7) is 0. The number of nitro benzene ring substituents is 1. The van der Waals surface area contributed by atoms with E-state index in [0.717, 1.165) is 15.3 Å². The molecule has 0 radical (unpaired) electrons. The maximum Gasteiger partial charge on any atom is 0.270 e. The summed E-state index contributed by atoms with van der Waals surface area (Å²) in [5.41, 5.74) is 1.50. The number of benzene rings is 2. The lowest BCUT2D eigenvalue weighted by Crippen LogP contribution is -1.85. The average Bonchev–Trinajstić information content (AvgIpc) is 2.87. The van der Waals surface area contributed by atoms with Crippen LogP contribution in [0, 0.1) is 15.9 Å². The number of non-ortho nitro benzene ring substituents is 1. The molecule has 6 heteroatoms. The molecule has 0 fully saturated rings. The molecule has 1 heterocycles. The van der Waals surface area contributed by atoms with Crippen molar-refractivity contribution in [2.45, 2.75) is 0 Å². The van der Waals surface area contributed by atoms with Crippen LogP contribution in [0.25, 0.3) is 22.4 Å². The highest BCUT2D eigenvalue weighted by atomic mass is 32.1. The lowest BCUT2D eigenvalue weighted by atomic mass is 10.2. The molecular formula is C15H9FN2O2S. The van der Waals surface area contributed by atoms with E-state index in [1.807, 2.05) is 0 Å². The van der Waals surface area contributed by atoms with E-state index < -0.39 is 4.92 Å². The molecule has 104 valence electrons. The van der Waals surface area contributed by atoms with Gasteiger partial charge in [0, 0.05) is 12.1 Å². The maximum absolute atomic E-state index is 13.1.